The van der Waals surface area contributed by atoms with Crippen molar-refractivity contribution in [2.75, 3.05) is 30.9 Å². The molecule has 188 valence electrons. The Morgan fingerprint density at radius 3 is 2.60 bits per heavy atom. The molecule has 0 fully saturated rings. The molecule has 0 saturated carbocycles. The van der Waals surface area contributed by atoms with E-state index in [9.17, 15) is 14.4 Å². The van der Waals surface area contributed by atoms with Gasteiger partial charge in [0.15, 0.2) is 11.5 Å². The minimum absolute atomic E-state index is 0.0649. The van der Waals surface area contributed by atoms with Crippen molar-refractivity contribution in [2.24, 2.45) is 5.92 Å². The lowest BCUT2D eigenvalue weighted by molar-refractivity contribution is -0.114. The minimum atomic E-state index is -0.732. The van der Waals surface area contributed by atoms with E-state index in [0.29, 0.717) is 18.1 Å². The van der Waals surface area contributed by atoms with Gasteiger partial charge in [0.1, 0.15) is 11.6 Å². The summed E-state index contributed by atoms with van der Waals surface area (Å²) in [5.74, 6) is 0.897. The molecule has 3 rings (SSSR count). The van der Waals surface area contributed by atoms with Crippen molar-refractivity contribution in [1.29, 1.82) is 0 Å². The summed E-state index contributed by atoms with van der Waals surface area (Å²) in [4.78, 5) is 41.8. The maximum Gasteiger partial charge on any atom is 0.330 e. The van der Waals surface area contributed by atoms with Crippen molar-refractivity contribution in [1.82, 2.24) is 19.3 Å². The van der Waals surface area contributed by atoms with Crippen LogP contribution in [0.1, 0.15) is 36.6 Å². The molecular formula is C24H32N6O5. The van der Waals surface area contributed by atoms with Crippen molar-refractivity contribution in [3.63, 3.8) is 0 Å². The van der Waals surface area contributed by atoms with Crippen LogP contribution in [0.25, 0.3) is 11.9 Å². The second kappa shape index (κ2) is 10.6. The normalized spacial score (nSPS) is 11.6. The summed E-state index contributed by atoms with van der Waals surface area (Å²) in [5, 5.41) is 4.07. The molecule has 1 amide bonds. The van der Waals surface area contributed by atoms with Gasteiger partial charge in [-0.15, -0.1) is 0 Å². The summed E-state index contributed by atoms with van der Waals surface area (Å²) in [7, 11) is 1.49. The number of anilines is 2. The van der Waals surface area contributed by atoms with E-state index in [1.807, 2.05) is 51.3 Å². The zero-order valence-electron chi connectivity index (χ0n) is 20.9. The second-order valence-electron chi connectivity index (χ2n) is 8.77. The SMILES string of the molecule is COCCN(C(=O)/C=C/c1cc(C)n(-c2cc(C)on2)c1C)c1c(N)n(CC(C)C)c(=O)[nH]c1=O. The Bertz CT molecular complexity index is 1360. The number of aromatic amines is 1. The third-order valence-electron chi connectivity index (χ3n) is 5.54. The predicted octanol–water partition coefficient (Wildman–Crippen LogP) is 2.17. The molecule has 0 saturated heterocycles. The average molecular weight is 485 g/mol. The molecule has 3 aromatic heterocycles. The van der Waals surface area contributed by atoms with E-state index in [1.165, 1.54) is 22.7 Å². The number of nitrogens with one attached hydrogen (secondary N) is 1. The van der Waals surface area contributed by atoms with E-state index in [2.05, 4.69) is 10.1 Å². The zero-order chi connectivity index (χ0) is 25.9. The molecule has 0 radical (unpaired) electrons. The monoisotopic (exact) mass is 484 g/mol. The largest absolute Gasteiger partial charge is 0.383 e. The number of aryl methyl sites for hydroxylation is 2. The number of hydrogen-bond donors (Lipinski definition) is 2. The number of ether oxygens (including phenoxy) is 1. The fourth-order valence-electron chi connectivity index (χ4n) is 3.92. The number of carbonyl (C=O) groups excluding carboxylic acids is 1. The van der Waals surface area contributed by atoms with Crippen LogP contribution in [0.5, 0.6) is 0 Å². The van der Waals surface area contributed by atoms with Crippen LogP contribution < -0.4 is 21.9 Å². The third-order valence-corrected chi connectivity index (χ3v) is 5.54. The van der Waals surface area contributed by atoms with Gasteiger partial charge in [-0.05, 0) is 44.4 Å². The highest BCUT2D eigenvalue weighted by Gasteiger charge is 2.23. The van der Waals surface area contributed by atoms with Crippen molar-refractivity contribution in [2.45, 2.75) is 41.2 Å². The number of nitrogen functional groups attached to an aromatic ring is 1. The highest BCUT2D eigenvalue weighted by molar-refractivity contribution is 6.05. The van der Waals surface area contributed by atoms with Gasteiger partial charge in [-0.3, -0.25) is 28.6 Å². The average Bonchev–Trinajstić information content (AvgIpc) is 3.32. The number of rotatable bonds is 9. The molecule has 0 aliphatic heterocycles. The Hall–Kier alpha value is -3.86. The Balaban J connectivity index is 2.00. The fraction of sp³-hybridized carbons (Fsp3) is 0.417. The molecule has 0 spiro atoms. The molecule has 0 atom stereocenters. The number of H-pyrrole nitrogens is 1. The first-order valence-corrected chi connectivity index (χ1v) is 11.3. The van der Waals surface area contributed by atoms with Crippen LogP contribution in [0.3, 0.4) is 0 Å². The van der Waals surface area contributed by atoms with Crippen molar-refractivity contribution in [3.8, 4) is 5.82 Å². The first-order valence-electron chi connectivity index (χ1n) is 11.3. The molecular weight excluding hydrogens is 452 g/mol. The minimum Gasteiger partial charge on any atom is -0.383 e. The summed E-state index contributed by atoms with van der Waals surface area (Å²) < 4.78 is 13.5. The Morgan fingerprint density at radius 1 is 1.29 bits per heavy atom. The van der Waals surface area contributed by atoms with E-state index < -0.39 is 17.2 Å². The van der Waals surface area contributed by atoms with Crippen LogP contribution >= 0.6 is 0 Å². The summed E-state index contributed by atoms with van der Waals surface area (Å²) in [6.07, 6.45) is 3.04. The van der Waals surface area contributed by atoms with Crippen LogP contribution in [0, 0.1) is 26.7 Å². The van der Waals surface area contributed by atoms with Gasteiger partial charge in [0.05, 0.1) is 6.61 Å². The fourth-order valence-corrected chi connectivity index (χ4v) is 3.92. The summed E-state index contributed by atoms with van der Waals surface area (Å²) >= 11 is 0. The number of hydrogen-bond acceptors (Lipinski definition) is 7. The summed E-state index contributed by atoms with van der Waals surface area (Å²) in [5.41, 5.74) is 7.38. The molecule has 3 heterocycles. The molecule has 0 aliphatic rings. The lowest BCUT2D eigenvalue weighted by Gasteiger charge is -2.23. The van der Waals surface area contributed by atoms with Crippen LogP contribution in [-0.2, 0) is 16.1 Å². The smallest absolute Gasteiger partial charge is 0.330 e. The van der Waals surface area contributed by atoms with Gasteiger partial charge < -0.3 is 15.0 Å². The van der Waals surface area contributed by atoms with E-state index in [4.69, 9.17) is 15.0 Å². The molecule has 0 aliphatic carbocycles. The van der Waals surface area contributed by atoms with Crippen LogP contribution in [0.2, 0.25) is 0 Å². The van der Waals surface area contributed by atoms with Gasteiger partial charge in [-0.1, -0.05) is 19.0 Å². The first kappa shape index (κ1) is 25.8. The quantitative estimate of drug-likeness (QED) is 0.443. The number of nitrogens with zero attached hydrogens (tertiary/aromatic N) is 4. The topological polar surface area (TPSA) is 141 Å². The molecule has 11 nitrogen and oxygen atoms in total. The Kier molecular flexibility index (Phi) is 7.80. The predicted molar refractivity (Wildman–Crippen MR) is 134 cm³/mol. The molecule has 3 N–H and O–H groups in total. The van der Waals surface area contributed by atoms with Crippen molar-refractivity contribution in [3.05, 3.63) is 61.8 Å². The number of amides is 1. The maximum atomic E-state index is 13.3. The summed E-state index contributed by atoms with van der Waals surface area (Å²) in [6.45, 7) is 10.0. The first-order chi connectivity index (χ1) is 16.5. The van der Waals surface area contributed by atoms with Crippen molar-refractivity contribution >= 4 is 23.5 Å². The lowest BCUT2D eigenvalue weighted by Crippen LogP contribution is -2.42. The van der Waals surface area contributed by atoms with E-state index in [-0.39, 0.29) is 30.6 Å². The van der Waals surface area contributed by atoms with Gasteiger partial charge in [0.25, 0.3) is 11.5 Å². The molecule has 3 aromatic rings. The number of methoxy groups -OCH3 is 1. The van der Waals surface area contributed by atoms with Crippen molar-refractivity contribution < 1.29 is 14.1 Å². The standard InChI is InChI=1S/C24H32N6O5/c1-14(2)13-29-22(25)21(23(32)26-24(29)33)28(9-10-34-6)20(31)8-7-18-11-15(3)30(17(18)5)19-12-16(4)35-27-19/h7-8,11-12,14H,9-10,13,25H2,1-6H3,(H,26,32,33)/b8-7+. The van der Waals surface area contributed by atoms with E-state index >= 15 is 0 Å². The van der Waals surface area contributed by atoms with Crippen LogP contribution in [-0.4, -0.2) is 45.4 Å². The van der Waals surface area contributed by atoms with Crippen LogP contribution in [0.4, 0.5) is 11.5 Å². The number of aromatic nitrogens is 4. The Labute approximate surface area is 202 Å². The van der Waals surface area contributed by atoms with Gasteiger partial charge >= 0.3 is 5.69 Å². The highest BCUT2D eigenvalue weighted by Crippen LogP contribution is 2.23. The lowest BCUT2D eigenvalue weighted by atomic mass is 10.2. The van der Waals surface area contributed by atoms with E-state index in [0.717, 1.165) is 17.0 Å². The molecule has 35 heavy (non-hydrogen) atoms. The Morgan fingerprint density at radius 2 is 2.00 bits per heavy atom. The van der Waals surface area contributed by atoms with Gasteiger partial charge in [-0.2, -0.15) is 0 Å². The molecule has 11 heteroatoms. The van der Waals surface area contributed by atoms with Crippen LogP contribution in [0.15, 0.2) is 32.3 Å². The second-order valence-corrected chi connectivity index (χ2v) is 8.77. The maximum absolute atomic E-state index is 13.3. The van der Waals surface area contributed by atoms with E-state index in [1.54, 1.807) is 6.08 Å². The van der Waals surface area contributed by atoms with Gasteiger partial charge in [0, 0.05) is 43.7 Å². The molecule has 0 aromatic carbocycles. The zero-order valence-corrected chi connectivity index (χ0v) is 20.9. The van der Waals surface area contributed by atoms with Gasteiger partial charge in [-0.25, -0.2) is 4.79 Å². The summed E-state index contributed by atoms with van der Waals surface area (Å²) in [6, 6.07) is 3.75. The number of carbonyl (C=O) groups is 1. The highest BCUT2D eigenvalue weighted by atomic mass is 16.5. The third kappa shape index (κ3) is 5.46. The molecule has 0 unspecified atom stereocenters. The van der Waals surface area contributed by atoms with Gasteiger partial charge in [0.2, 0.25) is 0 Å². The molecule has 0 bridgehead atoms. The number of nitrogens with two attached hydrogens (primary N) is 1.